The van der Waals surface area contributed by atoms with Gasteiger partial charge in [0.1, 0.15) is 11.8 Å². The van der Waals surface area contributed by atoms with Crippen LogP contribution in [-0.2, 0) is 16.0 Å². The first kappa shape index (κ1) is 11.3. The lowest BCUT2D eigenvalue weighted by molar-refractivity contribution is -0.127. The SMILES string of the molecule is CC(NC(=O)CCc1ccco1)C(N)=O. The minimum absolute atomic E-state index is 0.210. The van der Waals surface area contributed by atoms with Gasteiger partial charge >= 0.3 is 0 Å². The predicted molar refractivity (Wildman–Crippen MR) is 53.8 cm³/mol. The molecule has 0 aromatic carbocycles. The van der Waals surface area contributed by atoms with Gasteiger partial charge in [0.2, 0.25) is 11.8 Å². The highest BCUT2D eigenvalue weighted by atomic mass is 16.3. The number of amides is 2. The molecule has 1 heterocycles. The maximum atomic E-state index is 11.3. The van der Waals surface area contributed by atoms with Crippen LogP contribution in [0, 0.1) is 0 Å². The highest BCUT2D eigenvalue weighted by molar-refractivity contribution is 5.86. The second-order valence-electron chi connectivity index (χ2n) is 3.27. The molecule has 0 radical (unpaired) electrons. The molecule has 1 aromatic heterocycles. The smallest absolute Gasteiger partial charge is 0.239 e. The van der Waals surface area contributed by atoms with Crippen molar-refractivity contribution in [1.82, 2.24) is 5.32 Å². The Morgan fingerprint density at radius 3 is 2.87 bits per heavy atom. The van der Waals surface area contributed by atoms with Crippen molar-refractivity contribution in [2.24, 2.45) is 5.73 Å². The van der Waals surface area contributed by atoms with Gasteiger partial charge in [0.15, 0.2) is 0 Å². The zero-order valence-corrected chi connectivity index (χ0v) is 8.53. The topological polar surface area (TPSA) is 85.3 Å². The van der Waals surface area contributed by atoms with Crippen LogP contribution in [0.3, 0.4) is 0 Å². The van der Waals surface area contributed by atoms with Gasteiger partial charge in [-0.25, -0.2) is 0 Å². The van der Waals surface area contributed by atoms with Gasteiger partial charge in [0.25, 0.3) is 0 Å². The molecule has 1 aromatic rings. The molecule has 1 rings (SSSR count). The molecule has 0 bridgehead atoms. The summed E-state index contributed by atoms with van der Waals surface area (Å²) in [4.78, 5) is 21.9. The van der Waals surface area contributed by atoms with E-state index in [0.29, 0.717) is 6.42 Å². The van der Waals surface area contributed by atoms with Gasteiger partial charge < -0.3 is 15.5 Å². The van der Waals surface area contributed by atoms with Crippen LogP contribution >= 0.6 is 0 Å². The van der Waals surface area contributed by atoms with Crippen molar-refractivity contribution in [3.05, 3.63) is 24.2 Å². The van der Waals surface area contributed by atoms with Gasteiger partial charge in [0.05, 0.1) is 6.26 Å². The summed E-state index contributed by atoms with van der Waals surface area (Å²) in [6.07, 6.45) is 2.36. The van der Waals surface area contributed by atoms with Gasteiger partial charge in [-0.15, -0.1) is 0 Å². The number of primary amides is 1. The molecule has 0 fully saturated rings. The van der Waals surface area contributed by atoms with E-state index in [-0.39, 0.29) is 12.3 Å². The summed E-state index contributed by atoms with van der Waals surface area (Å²) in [5.41, 5.74) is 5.00. The van der Waals surface area contributed by atoms with Crippen molar-refractivity contribution in [3.63, 3.8) is 0 Å². The maximum Gasteiger partial charge on any atom is 0.239 e. The van der Waals surface area contributed by atoms with Crippen LogP contribution in [0.25, 0.3) is 0 Å². The Hall–Kier alpha value is -1.78. The van der Waals surface area contributed by atoms with E-state index >= 15 is 0 Å². The molecule has 5 nitrogen and oxygen atoms in total. The molecule has 1 unspecified atom stereocenters. The fraction of sp³-hybridized carbons (Fsp3) is 0.400. The number of aryl methyl sites for hydroxylation is 1. The van der Waals surface area contributed by atoms with E-state index in [4.69, 9.17) is 10.2 Å². The molecule has 3 N–H and O–H groups in total. The van der Waals surface area contributed by atoms with Crippen molar-refractivity contribution >= 4 is 11.8 Å². The second-order valence-corrected chi connectivity index (χ2v) is 3.27. The Bertz CT molecular complexity index is 332. The van der Waals surface area contributed by atoms with Crippen LogP contribution in [0.2, 0.25) is 0 Å². The summed E-state index contributed by atoms with van der Waals surface area (Å²) in [6.45, 7) is 1.55. The summed E-state index contributed by atoms with van der Waals surface area (Å²) in [7, 11) is 0. The molecule has 0 aliphatic heterocycles. The van der Waals surface area contributed by atoms with E-state index in [1.54, 1.807) is 25.3 Å². The fourth-order valence-corrected chi connectivity index (χ4v) is 1.08. The Labute approximate surface area is 87.6 Å². The minimum Gasteiger partial charge on any atom is -0.469 e. The normalized spacial score (nSPS) is 12.1. The second kappa shape index (κ2) is 5.19. The van der Waals surface area contributed by atoms with Crippen LogP contribution in [0.1, 0.15) is 19.1 Å². The summed E-state index contributed by atoms with van der Waals surface area (Å²) in [5.74, 6) is -0.00377. The quantitative estimate of drug-likeness (QED) is 0.728. The number of rotatable bonds is 5. The molecule has 0 saturated heterocycles. The highest BCUT2D eigenvalue weighted by Crippen LogP contribution is 2.03. The molecule has 0 aliphatic carbocycles. The first-order chi connectivity index (χ1) is 7.09. The zero-order chi connectivity index (χ0) is 11.3. The summed E-state index contributed by atoms with van der Waals surface area (Å²) in [5, 5.41) is 2.49. The fourth-order valence-electron chi connectivity index (χ4n) is 1.08. The molecule has 1 atom stereocenters. The van der Waals surface area contributed by atoms with E-state index in [2.05, 4.69) is 5.32 Å². The molecular weight excluding hydrogens is 196 g/mol. The van der Waals surface area contributed by atoms with Crippen LogP contribution in [-0.4, -0.2) is 17.9 Å². The molecule has 82 valence electrons. The number of nitrogens with one attached hydrogen (secondary N) is 1. The van der Waals surface area contributed by atoms with Crippen molar-refractivity contribution in [3.8, 4) is 0 Å². The van der Waals surface area contributed by atoms with Crippen molar-refractivity contribution in [2.45, 2.75) is 25.8 Å². The van der Waals surface area contributed by atoms with Crippen LogP contribution in [0.4, 0.5) is 0 Å². The average molecular weight is 210 g/mol. The largest absolute Gasteiger partial charge is 0.469 e. The van der Waals surface area contributed by atoms with Crippen molar-refractivity contribution in [2.75, 3.05) is 0 Å². The van der Waals surface area contributed by atoms with E-state index in [0.717, 1.165) is 5.76 Å². The summed E-state index contributed by atoms with van der Waals surface area (Å²) < 4.78 is 5.06. The van der Waals surface area contributed by atoms with Gasteiger partial charge in [-0.1, -0.05) is 0 Å². The number of hydrogen-bond acceptors (Lipinski definition) is 3. The lowest BCUT2D eigenvalue weighted by atomic mass is 10.2. The Morgan fingerprint density at radius 2 is 2.33 bits per heavy atom. The molecule has 0 spiro atoms. The molecule has 15 heavy (non-hydrogen) atoms. The molecule has 5 heteroatoms. The standard InChI is InChI=1S/C10H14N2O3/c1-7(10(11)14)12-9(13)5-4-8-3-2-6-15-8/h2-3,6-7H,4-5H2,1H3,(H2,11,14)(H,12,13). The lowest BCUT2D eigenvalue weighted by Crippen LogP contribution is -2.42. The van der Waals surface area contributed by atoms with Crippen molar-refractivity contribution in [1.29, 1.82) is 0 Å². The number of nitrogens with two attached hydrogens (primary N) is 1. The molecular formula is C10H14N2O3. The molecule has 0 saturated carbocycles. The zero-order valence-electron chi connectivity index (χ0n) is 8.53. The number of carbonyl (C=O) groups excluding carboxylic acids is 2. The van der Waals surface area contributed by atoms with E-state index in [1.807, 2.05) is 0 Å². The Balaban J connectivity index is 2.28. The third-order valence-corrected chi connectivity index (χ3v) is 1.98. The average Bonchev–Trinajstić information content (AvgIpc) is 2.66. The predicted octanol–water partition coefficient (Wildman–Crippen LogP) is 0.202. The first-order valence-corrected chi connectivity index (χ1v) is 4.70. The monoisotopic (exact) mass is 210 g/mol. The number of carbonyl (C=O) groups is 2. The maximum absolute atomic E-state index is 11.3. The third-order valence-electron chi connectivity index (χ3n) is 1.98. The van der Waals surface area contributed by atoms with Gasteiger partial charge in [-0.3, -0.25) is 9.59 Å². The summed E-state index contributed by atoms with van der Waals surface area (Å²) in [6, 6.07) is 2.93. The van der Waals surface area contributed by atoms with Gasteiger partial charge in [0, 0.05) is 12.8 Å². The first-order valence-electron chi connectivity index (χ1n) is 4.70. The Morgan fingerprint density at radius 1 is 1.60 bits per heavy atom. The molecule has 0 aliphatic rings. The van der Waals surface area contributed by atoms with Crippen molar-refractivity contribution < 1.29 is 14.0 Å². The van der Waals surface area contributed by atoms with Gasteiger partial charge in [-0.2, -0.15) is 0 Å². The van der Waals surface area contributed by atoms with E-state index in [1.165, 1.54) is 0 Å². The third kappa shape index (κ3) is 3.84. The van der Waals surface area contributed by atoms with E-state index < -0.39 is 11.9 Å². The highest BCUT2D eigenvalue weighted by Gasteiger charge is 2.12. The summed E-state index contributed by atoms with van der Waals surface area (Å²) >= 11 is 0. The minimum atomic E-state index is -0.630. The molecule has 2 amide bonds. The lowest BCUT2D eigenvalue weighted by Gasteiger charge is -2.09. The number of hydrogen-bond donors (Lipinski definition) is 2. The Kier molecular flexibility index (Phi) is 3.91. The van der Waals surface area contributed by atoms with E-state index in [9.17, 15) is 9.59 Å². The van der Waals surface area contributed by atoms with Crippen LogP contribution < -0.4 is 11.1 Å². The van der Waals surface area contributed by atoms with Gasteiger partial charge in [-0.05, 0) is 19.1 Å². The van der Waals surface area contributed by atoms with Crippen LogP contribution in [0.5, 0.6) is 0 Å². The number of furan rings is 1. The van der Waals surface area contributed by atoms with Crippen LogP contribution in [0.15, 0.2) is 22.8 Å².